The molecule has 3 atom stereocenters. The van der Waals surface area contributed by atoms with Gasteiger partial charge in [-0.1, -0.05) is 13.8 Å². The molecule has 2 rings (SSSR count). The predicted molar refractivity (Wildman–Crippen MR) is 88.1 cm³/mol. The van der Waals surface area contributed by atoms with Gasteiger partial charge in [-0.05, 0) is 52.0 Å². The third-order valence-electron chi connectivity index (χ3n) is 4.71. The Balaban J connectivity index is 2.01. The number of hydrogen-bond donors (Lipinski definition) is 1. The van der Waals surface area contributed by atoms with Gasteiger partial charge in [-0.3, -0.25) is 4.90 Å². The second kappa shape index (κ2) is 6.53. The highest BCUT2D eigenvalue weighted by Crippen LogP contribution is 2.29. The fourth-order valence-corrected chi connectivity index (χ4v) is 3.27. The highest BCUT2D eigenvalue weighted by molar-refractivity contribution is 5.17. The first-order valence-electron chi connectivity index (χ1n) is 8.30. The molecule has 2 heterocycles. The fourth-order valence-electron chi connectivity index (χ4n) is 3.27. The summed E-state index contributed by atoms with van der Waals surface area (Å²) < 4.78 is 5.70. The van der Waals surface area contributed by atoms with Crippen molar-refractivity contribution in [2.75, 3.05) is 6.54 Å². The molecule has 1 aliphatic rings. The highest BCUT2D eigenvalue weighted by Gasteiger charge is 2.29. The molecule has 0 aromatic carbocycles. The van der Waals surface area contributed by atoms with Crippen LogP contribution in [0.3, 0.4) is 0 Å². The van der Waals surface area contributed by atoms with Crippen LogP contribution in [-0.4, -0.2) is 23.0 Å². The zero-order valence-electron chi connectivity index (χ0n) is 14.6. The first-order chi connectivity index (χ1) is 9.76. The van der Waals surface area contributed by atoms with E-state index in [-0.39, 0.29) is 5.54 Å². The van der Waals surface area contributed by atoms with E-state index in [2.05, 4.69) is 57.8 Å². The van der Waals surface area contributed by atoms with Gasteiger partial charge >= 0.3 is 0 Å². The molecule has 3 heteroatoms. The summed E-state index contributed by atoms with van der Waals surface area (Å²) in [6.45, 7) is 16.7. The van der Waals surface area contributed by atoms with Crippen molar-refractivity contribution < 1.29 is 4.42 Å². The molecule has 0 amide bonds. The largest absolute Gasteiger partial charge is 0.468 e. The normalized spacial score (nSPS) is 28.0. The summed E-state index contributed by atoms with van der Waals surface area (Å²) in [7, 11) is 0. The summed E-state index contributed by atoms with van der Waals surface area (Å²) in [5.74, 6) is 2.65. The second-order valence-electron chi connectivity index (χ2n) is 7.96. The minimum atomic E-state index is 0.117. The van der Waals surface area contributed by atoms with Gasteiger partial charge in [0, 0.05) is 30.2 Å². The van der Waals surface area contributed by atoms with Gasteiger partial charge in [0.15, 0.2) is 0 Å². The summed E-state index contributed by atoms with van der Waals surface area (Å²) in [6, 6.07) is 2.79. The van der Waals surface area contributed by atoms with Crippen LogP contribution in [0.15, 0.2) is 16.7 Å². The van der Waals surface area contributed by atoms with E-state index >= 15 is 0 Å². The lowest BCUT2D eigenvalue weighted by Gasteiger charge is -2.41. The molecule has 0 saturated carbocycles. The van der Waals surface area contributed by atoms with Crippen LogP contribution in [0.4, 0.5) is 0 Å². The van der Waals surface area contributed by atoms with Crippen LogP contribution in [-0.2, 0) is 13.1 Å². The maximum Gasteiger partial charge on any atom is 0.122 e. The molecule has 3 unspecified atom stereocenters. The Kier molecular flexibility index (Phi) is 5.15. The molecule has 1 aromatic rings. The first kappa shape index (κ1) is 16.6. The molecule has 1 aromatic heterocycles. The van der Waals surface area contributed by atoms with Crippen molar-refractivity contribution in [1.82, 2.24) is 10.2 Å². The van der Waals surface area contributed by atoms with Crippen molar-refractivity contribution in [1.29, 1.82) is 0 Å². The average Bonchev–Trinajstić information content (AvgIpc) is 2.79. The van der Waals surface area contributed by atoms with Gasteiger partial charge in [0.1, 0.15) is 5.76 Å². The smallest absolute Gasteiger partial charge is 0.122 e. The Morgan fingerprint density at radius 3 is 2.67 bits per heavy atom. The molecule has 0 spiro atoms. The van der Waals surface area contributed by atoms with Crippen LogP contribution >= 0.6 is 0 Å². The summed E-state index contributed by atoms with van der Waals surface area (Å²) in [6.07, 6.45) is 3.18. The number of piperidine rings is 1. The van der Waals surface area contributed by atoms with Gasteiger partial charge in [-0.2, -0.15) is 0 Å². The van der Waals surface area contributed by atoms with E-state index in [9.17, 15) is 0 Å². The van der Waals surface area contributed by atoms with Crippen molar-refractivity contribution in [3.05, 3.63) is 23.7 Å². The van der Waals surface area contributed by atoms with Crippen molar-refractivity contribution in [3.63, 3.8) is 0 Å². The van der Waals surface area contributed by atoms with Crippen LogP contribution in [0.25, 0.3) is 0 Å². The van der Waals surface area contributed by atoms with Crippen molar-refractivity contribution >= 4 is 0 Å². The minimum absolute atomic E-state index is 0.117. The maximum atomic E-state index is 5.70. The Morgan fingerprint density at radius 2 is 2.00 bits per heavy atom. The van der Waals surface area contributed by atoms with Gasteiger partial charge in [-0.25, -0.2) is 0 Å². The molecule has 1 N–H and O–H groups in total. The van der Waals surface area contributed by atoms with Crippen molar-refractivity contribution in [2.45, 2.75) is 72.6 Å². The van der Waals surface area contributed by atoms with E-state index in [1.54, 1.807) is 0 Å². The van der Waals surface area contributed by atoms with E-state index in [0.29, 0.717) is 6.04 Å². The van der Waals surface area contributed by atoms with Crippen LogP contribution in [0.5, 0.6) is 0 Å². The van der Waals surface area contributed by atoms with Gasteiger partial charge in [0.2, 0.25) is 0 Å². The molecule has 0 bridgehead atoms. The first-order valence-corrected chi connectivity index (χ1v) is 8.30. The van der Waals surface area contributed by atoms with E-state index in [0.717, 1.165) is 30.7 Å². The predicted octanol–water partition coefficient (Wildman–Crippen LogP) is 4.03. The topological polar surface area (TPSA) is 28.4 Å². The third kappa shape index (κ3) is 4.58. The molecule has 0 radical (unpaired) electrons. The van der Waals surface area contributed by atoms with Crippen molar-refractivity contribution in [2.24, 2.45) is 11.8 Å². The van der Waals surface area contributed by atoms with E-state index in [4.69, 9.17) is 4.42 Å². The summed E-state index contributed by atoms with van der Waals surface area (Å²) in [5.41, 5.74) is 1.45. The molecule has 1 aliphatic heterocycles. The molecular weight excluding hydrogens is 260 g/mol. The van der Waals surface area contributed by atoms with Gasteiger partial charge in [0.25, 0.3) is 0 Å². The lowest BCUT2D eigenvalue weighted by molar-refractivity contribution is 0.0724. The van der Waals surface area contributed by atoms with Crippen LogP contribution in [0.2, 0.25) is 0 Å². The Labute approximate surface area is 130 Å². The zero-order valence-corrected chi connectivity index (χ0v) is 14.6. The van der Waals surface area contributed by atoms with Gasteiger partial charge in [-0.15, -0.1) is 0 Å². The Bertz CT molecular complexity index is 446. The van der Waals surface area contributed by atoms with Gasteiger partial charge < -0.3 is 9.73 Å². The van der Waals surface area contributed by atoms with Crippen LogP contribution < -0.4 is 5.32 Å². The quantitative estimate of drug-likeness (QED) is 0.908. The van der Waals surface area contributed by atoms with E-state index in [1.807, 2.05) is 6.26 Å². The summed E-state index contributed by atoms with van der Waals surface area (Å²) in [5, 5.41) is 3.52. The Hall–Kier alpha value is -0.800. The number of likely N-dealkylation sites (tertiary alicyclic amines) is 1. The van der Waals surface area contributed by atoms with Crippen molar-refractivity contribution in [3.8, 4) is 0 Å². The molecule has 1 saturated heterocycles. The molecule has 120 valence electrons. The standard InChI is InChI=1S/C18H32N2O/c1-13-9-14(2)15(3)20(11-13)12-16-7-8-21-17(16)10-19-18(4,5)6/h7-8,13-15,19H,9-12H2,1-6H3. The SMILES string of the molecule is CC1CC(C)C(C)N(Cc2ccoc2CNC(C)(C)C)C1. The minimum Gasteiger partial charge on any atom is -0.468 e. The molecule has 21 heavy (non-hydrogen) atoms. The highest BCUT2D eigenvalue weighted by atomic mass is 16.3. The number of hydrogen-bond acceptors (Lipinski definition) is 3. The fraction of sp³-hybridized carbons (Fsp3) is 0.778. The Morgan fingerprint density at radius 1 is 1.29 bits per heavy atom. The molecular formula is C18H32N2O. The number of furan rings is 1. The number of nitrogens with zero attached hydrogens (tertiary/aromatic N) is 1. The van der Waals surface area contributed by atoms with Crippen LogP contribution in [0.1, 0.15) is 59.3 Å². The monoisotopic (exact) mass is 292 g/mol. The lowest BCUT2D eigenvalue weighted by Crippen LogP contribution is -2.45. The van der Waals surface area contributed by atoms with Gasteiger partial charge in [0.05, 0.1) is 12.8 Å². The lowest BCUT2D eigenvalue weighted by atomic mass is 9.86. The maximum absolute atomic E-state index is 5.70. The summed E-state index contributed by atoms with van der Waals surface area (Å²) >= 11 is 0. The number of rotatable bonds is 4. The average molecular weight is 292 g/mol. The van der Waals surface area contributed by atoms with E-state index < -0.39 is 0 Å². The second-order valence-corrected chi connectivity index (χ2v) is 7.96. The number of nitrogens with one attached hydrogen (secondary N) is 1. The third-order valence-corrected chi connectivity index (χ3v) is 4.71. The molecule has 3 nitrogen and oxygen atoms in total. The summed E-state index contributed by atoms with van der Waals surface area (Å²) in [4.78, 5) is 2.62. The van der Waals surface area contributed by atoms with Crippen LogP contribution in [0, 0.1) is 11.8 Å². The molecule has 1 fully saturated rings. The molecule has 0 aliphatic carbocycles. The zero-order chi connectivity index (χ0) is 15.6. The van der Waals surface area contributed by atoms with E-state index in [1.165, 1.54) is 18.5 Å².